The fraction of sp³-hybridized carbons (Fsp3) is 0.300. The number of nitrogens with zero attached hydrogens (tertiary/aromatic N) is 2. The molecule has 0 aliphatic heterocycles. The Morgan fingerprint density at radius 3 is 2.59 bits per heavy atom. The Labute approximate surface area is 156 Å². The van der Waals surface area contributed by atoms with Crippen LogP contribution in [0.5, 0.6) is 5.75 Å². The van der Waals surface area contributed by atoms with Gasteiger partial charge in [0, 0.05) is 18.0 Å². The van der Waals surface area contributed by atoms with Crippen LogP contribution in [0.25, 0.3) is 22.3 Å². The highest BCUT2D eigenvalue weighted by Crippen LogP contribution is 2.33. The van der Waals surface area contributed by atoms with Gasteiger partial charge >= 0.3 is 0 Å². The van der Waals surface area contributed by atoms with Crippen molar-refractivity contribution in [2.45, 2.75) is 26.3 Å². The van der Waals surface area contributed by atoms with Crippen LogP contribution in [-0.4, -0.2) is 27.7 Å². The molecule has 0 amide bonds. The first-order chi connectivity index (χ1) is 12.9. The highest BCUT2D eigenvalue weighted by molar-refractivity contribution is 5.91. The van der Waals surface area contributed by atoms with Gasteiger partial charge in [-0.2, -0.15) is 0 Å². The van der Waals surface area contributed by atoms with E-state index >= 15 is 0 Å². The molecule has 0 spiro atoms. The number of aromatic nitrogens is 2. The Bertz CT molecular complexity index is 962. The summed E-state index contributed by atoms with van der Waals surface area (Å²) in [6, 6.07) is 9.06. The van der Waals surface area contributed by atoms with E-state index in [1.165, 1.54) is 0 Å². The second-order valence-electron chi connectivity index (χ2n) is 6.94. The predicted octanol–water partition coefficient (Wildman–Crippen LogP) is 4.07. The average Bonchev–Trinajstić information content (AvgIpc) is 2.62. The molecular formula is C20H22F2N4O. The minimum Gasteiger partial charge on any atom is -0.507 e. The Hall–Kier alpha value is -2.80. The maximum absolute atomic E-state index is 14.3. The SMILES string of the molecule is CC(C)CC(N)CNc1nc(-c2c(O)ccc(F)c2F)nc2ccccc12. The van der Waals surface area contributed by atoms with E-state index in [4.69, 9.17) is 5.73 Å². The van der Waals surface area contributed by atoms with Crippen molar-refractivity contribution >= 4 is 16.7 Å². The number of nitrogens with one attached hydrogen (secondary N) is 1. The van der Waals surface area contributed by atoms with Gasteiger partial charge in [0.1, 0.15) is 11.6 Å². The van der Waals surface area contributed by atoms with E-state index in [0.717, 1.165) is 23.9 Å². The van der Waals surface area contributed by atoms with Crippen molar-refractivity contribution in [2.24, 2.45) is 11.7 Å². The standard InChI is InChI=1S/C20H22F2N4O/c1-11(2)9-12(23)10-24-19-13-5-3-4-6-15(13)25-20(26-19)17-16(27)8-7-14(21)18(17)22/h3-8,11-12,27H,9-10,23H2,1-2H3,(H,24,25,26). The Morgan fingerprint density at radius 2 is 1.85 bits per heavy atom. The van der Waals surface area contributed by atoms with Gasteiger partial charge in [0.05, 0.1) is 11.1 Å². The van der Waals surface area contributed by atoms with E-state index in [-0.39, 0.29) is 17.4 Å². The Kier molecular flexibility index (Phi) is 5.51. The van der Waals surface area contributed by atoms with E-state index in [1.807, 2.05) is 12.1 Å². The first kappa shape index (κ1) is 19.0. The van der Waals surface area contributed by atoms with Crippen molar-refractivity contribution in [2.75, 3.05) is 11.9 Å². The number of para-hydroxylation sites is 1. The molecule has 0 aliphatic rings. The molecule has 0 saturated carbocycles. The van der Waals surface area contributed by atoms with Crippen molar-refractivity contribution in [3.8, 4) is 17.1 Å². The third-order valence-corrected chi connectivity index (χ3v) is 4.21. The maximum Gasteiger partial charge on any atom is 0.173 e. The number of benzene rings is 2. The lowest BCUT2D eigenvalue weighted by Gasteiger charge is -2.17. The van der Waals surface area contributed by atoms with Gasteiger partial charge in [-0.3, -0.25) is 0 Å². The number of phenolic OH excluding ortho intramolecular Hbond substituents is 1. The minimum atomic E-state index is -1.19. The second-order valence-corrected chi connectivity index (χ2v) is 6.94. The molecule has 0 fully saturated rings. The predicted molar refractivity (Wildman–Crippen MR) is 102 cm³/mol. The normalized spacial score (nSPS) is 12.5. The molecule has 1 aromatic heterocycles. The zero-order chi connectivity index (χ0) is 19.6. The quantitative estimate of drug-likeness (QED) is 0.608. The van der Waals surface area contributed by atoms with Crippen molar-refractivity contribution < 1.29 is 13.9 Å². The summed E-state index contributed by atoms with van der Waals surface area (Å²) < 4.78 is 27.9. The number of phenols is 1. The Morgan fingerprint density at radius 1 is 1.11 bits per heavy atom. The van der Waals surface area contributed by atoms with Gasteiger partial charge in [-0.25, -0.2) is 18.7 Å². The summed E-state index contributed by atoms with van der Waals surface area (Å²) in [4.78, 5) is 8.64. The van der Waals surface area contributed by atoms with Gasteiger partial charge < -0.3 is 16.2 Å². The summed E-state index contributed by atoms with van der Waals surface area (Å²) in [5, 5.41) is 13.9. The summed E-state index contributed by atoms with van der Waals surface area (Å²) >= 11 is 0. The minimum absolute atomic E-state index is 0.0820. The van der Waals surface area contributed by atoms with E-state index in [1.54, 1.807) is 12.1 Å². The number of hydrogen-bond donors (Lipinski definition) is 3. The van der Waals surface area contributed by atoms with E-state index in [9.17, 15) is 13.9 Å². The largest absolute Gasteiger partial charge is 0.507 e. The number of hydrogen-bond acceptors (Lipinski definition) is 5. The lowest BCUT2D eigenvalue weighted by atomic mass is 10.0. The van der Waals surface area contributed by atoms with Crippen LogP contribution in [0, 0.1) is 17.6 Å². The summed E-state index contributed by atoms with van der Waals surface area (Å²) in [7, 11) is 0. The highest BCUT2D eigenvalue weighted by atomic mass is 19.2. The fourth-order valence-electron chi connectivity index (χ4n) is 2.99. The van der Waals surface area contributed by atoms with Crippen LogP contribution in [0.4, 0.5) is 14.6 Å². The smallest absolute Gasteiger partial charge is 0.173 e. The molecule has 0 bridgehead atoms. The van der Waals surface area contributed by atoms with Crippen LogP contribution >= 0.6 is 0 Å². The fourth-order valence-corrected chi connectivity index (χ4v) is 2.99. The number of halogens is 2. The van der Waals surface area contributed by atoms with Gasteiger partial charge in [0.2, 0.25) is 0 Å². The first-order valence-electron chi connectivity index (χ1n) is 8.80. The number of anilines is 1. The zero-order valence-electron chi connectivity index (χ0n) is 15.2. The van der Waals surface area contributed by atoms with Crippen molar-refractivity contribution in [3.63, 3.8) is 0 Å². The zero-order valence-corrected chi connectivity index (χ0v) is 15.2. The molecule has 1 atom stereocenters. The molecule has 27 heavy (non-hydrogen) atoms. The Balaban J connectivity index is 2.05. The lowest BCUT2D eigenvalue weighted by molar-refractivity contribution is 0.458. The van der Waals surface area contributed by atoms with E-state index in [0.29, 0.717) is 23.8 Å². The van der Waals surface area contributed by atoms with Crippen LogP contribution in [-0.2, 0) is 0 Å². The van der Waals surface area contributed by atoms with Crippen molar-refractivity contribution in [1.82, 2.24) is 9.97 Å². The van der Waals surface area contributed by atoms with Gasteiger partial charge in [-0.1, -0.05) is 26.0 Å². The van der Waals surface area contributed by atoms with Gasteiger partial charge in [-0.05, 0) is 36.6 Å². The van der Waals surface area contributed by atoms with Crippen LogP contribution < -0.4 is 11.1 Å². The first-order valence-corrected chi connectivity index (χ1v) is 8.80. The summed E-state index contributed by atoms with van der Waals surface area (Å²) in [6.07, 6.45) is 0.836. The third-order valence-electron chi connectivity index (χ3n) is 4.21. The molecule has 5 nitrogen and oxygen atoms in total. The molecule has 2 aromatic carbocycles. The molecule has 0 saturated heterocycles. The number of aromatic hydroxyl groups is 1. The number of fused-ring (bicyclic) bond motifs is 1. The molecule has 1 unspecified atom stereocenters. The van der Waals surface area contributed by atoms with Crippen LogP contribution in [0.15, 0.2) is 36.4 Å². The van der Waals surface area contributed by atoms with Crippen LogP contribution in [0.2, 0.25) is 0 Å². The molecular weight excluding hydrogens is 350 g/mol. The van der Waals surface area contributed by atoms with E-state index < -0.39 is 17.4 Å². The highest BCUT2D eigenvalue weighted by Gasteiger charge is 2.20. The van der Waals surface area contributed by atoms with Gasteiger partial charge in [0.15, 0.2) is 17.5 Å². The molecule has 142 valence electrons. The lowest BCUT2D eigenvalue weighted by Crippen LogP contribution is -2.30. The molecule has 0 aliphatic carbocycles. The number of nitrogens with two attached hydrogens (primary N) is 1. The van der Waals surface area contributed by atoms with E-state index in [2.05, 4.69) is 29.1 Å². The summed E-state index contributed by atoms with van der Waals surface area (Å²) in [5.74, 6) is -1.87. The summed E-state index contributed by atoms with van der Waals surface area (Å²) in [6.45, 7) is 4.65. The van der Waals surface area contributed by atoms with Crippen LogP contribution in [0.3, 0.4) is 0 Å². The van der Waals surface area contributed by atoms with Crippen molar-refractivity contribution in [1.29, 1.82) is 0 Å². The monoisotopic (exact) mass is 372 g/mol. The van der Waals surface area contributed by atoms with Gasteiger partial charge in [-0.15, -0.1) is 0 Å². The molecule has 3 rings (SSSR count). The topological polar surface area (TPSA) is 84.1 Å². The molecule has 3 aromatic rings. The van der Waals surface area contributed by atoms with Crippen molar-refractivity contribution in [3.05, 3.63) is 48.0 Å². The average molecular weight is 372 g/mol. The third kappa shape index (κ3) is 4.14. The number of rotatable bonds is 6. The van der Waals surface area contributed by atoms with Crippen LogP contribution in [0.1, 0.15) is 20.3 Å². The summed E-state index contributed by atoms with van der Waals surface area (Å²) in [5.41, 5.74) is 6.31. The maximum atomic E-state index is 14.3. The molecule has 0 radical (unpaired) electrons. The second kappa shape index (κ2) is 7.84. The van der Waals surface area contributed by atoms with Gasteiger partial charge in [0.25, 0.3) is 0 Å². The molecule has 7 heteroatoms. The molecule has 4 N–H and O–H groups in total. The molecule has 1 heterocycles.